The molecule has 0 aliphatic carbocycles. The average Bonchev–Trinajstić information content (AvgIpc) is 3.27. The van der Waals surface area contributed by atoms with E-state index >= 15 is 0 Å². The van der Waals surface area contributed by atoms with Gasteiger partial charge in [0.05, 0.1) is 11.2 Å². The third kappa shape index (κ3) is 3.90. The molecule has 31 heavy (non-hydrogen) atoms. The van der Waals surface area contributed by atoms with Gasteiger partial charge in [-0.05, 0) is 41.8 Å². The maximum atomic E-state index is 4.84. The molecule has 0 aliphatic rings. The van der Waals surface area contributed by atoms with Gasteiger partial charge < -0.3 is 5.32 Å². The van der Waals surface area contributed by atoms with E-state index in [2.05, 4.69) is 64.7 Å². The van der Waals surface area contributed by atoms with Crippen molar-refractivity contribution in [1.29, 1.82) is 0 Å². The first-order valence-corrected chi connectivity index (χ1v) is 11.0. The first-order valence-electron chi connectivity index (χ1n) is 10.2. The molecule has 0 saturated heterocycles. The molecule has 0 aliphatic heterocycles. The van der Waals surface area contributed by atoms with Crippen molar-refractivity contribution in [1.82, 2.24) is 20.2 Å². The van der Waals surface area contributed by atoms with Crippen molar-refractivity contribution in [3.8, 4) is 21.8 Å². The average molecular weight is 424 g/mol. The number of nitrogens with one attached hydrogen (secondary N) is 1. The predicted octanol–water partition coefficient (Wildman–Crippen LogP) is 6.68. The maximum absolute atomic E-state index is 4.84. The van der Waals surface area contributed by atoms with Crippen LogP contribution in [-0.2, 0) is 0 Å². The third-order valence-electron chi connectivity index (χ3n) is 5.15. The van der Waals surface area contributed by atoms with Crippen LogP contribution in [0.25, 0.3) is 32.7 Å². The van der Waals surface area contributed by atoms with Gasteiger partial charge in [-0.2, -0.15) is 0 Å². The Bertz CT molecular complexity index is 1340. The van der Waals surface area contributed by atoms with E-state index < -0.39 is 0 Å². The molecule has 0 fully saturated rings. The third-order valence-corrected chi connectivity index (χ3v) is 6.03. The van der Waals surface area contributed by atoms with Gasteiger partial charge in [-0.1, -0.05) is 61.6 Å². The number of pyridine rings is 2. The molecule has 0 radical (unpaired) electrons. The second kappa shape index (κ2) is 8.24. The molecule has 0 atom stereocenters. The minimum absolute atomic E-state index is 0.419. The fraction of sp³-hybridized carbons (Fsp3) is 0.120. The SMILES string of the molecule is CC(C)c1ccccc1Nc1nnc(-c2cc(-c3cccnc3)nc3ccccc23)s1. The molecule has 5 nitrogen and oxygen atoms in total. The Morgan fingerprint density at radius 1 is 0.903 bits per heavy atom. The molecule has 0 amide bonds. The smallest absolute Gasteiger partial charge is 0.210 e. The number of hydrogen-bond acceptors (Lipinski definition) is 6. The summed E-state index contributed by atoms with van der Waals surface area (Å²) in [6.07, 6.45) is 3.60. The summed E-state index contributed by atoms with van der Waals surface area (Å²) < 4.78 is 0. The van der Waals surface area contributed by atoms with Crippen LogP contribution in [0.15, 0.2) is 79.1 Å². The van der Waals surface area contributed by atoms with Crippen molar-refractivity contribution in [2.45, 2.75) is 19.8 Å². The maximum Gasteiger partial charge on any atom is 0.210 e. The monoisotopic (exact) mass is 423 g/mol. The van der Waals surface area contributed by atoms with Gasteiger partial charge in [0.2, 0.25) is 5.13 Å². The highest BCUT2D eigenvalue weighted by atomic mass is 32.1. The van der Waals surface area contributed by atoms with E-state index in [-0.39, 0.29) is 0 Å². The zero-order valence-corrected chi connectivity index (χ0v) is 18.1. The van der Waals surface area contributed by atoms with Crippen LogP contribution in [0, 0.1) is 0 Å². The lowest BCUT2D eigenvalue weighted by Crippen LogP contribution is -1.97. The molecule has 152 valence electrons. The predicted molar refractivity (Wildman–Crippen MR) is 128 cm³/mol. The van der Waals surface area contributed by atoms with E-state index in [1.54, 1.807) is 17.5 Å². The van der Waals surface area contributed by atoms with Crippen LogP contribution in [0.1, 0.15) is 25.3 Å². The Hall–Kier alpha value is -3.64. The van der Waals surface area contributed by atoms with Crippen molar-refractivity contribution in [3.05, 3.63) is 84.7 Å². The van der Waals surface area contributed by atoms with Crippen molar-refractivity contribution < 1.29 is 0 Å². The summed E-state index contributed by atoms with van der Waals surface area (Å²) in [5.74, 6) is 0.419. The second-order valence-electron chi connectivity index (χ2n) is 7.59. The van der Waals surface area contributed by atoms with E-state index in [1.807, 2.05) is 42.6 Å². The molecule has 2 aromatic carbocycles. The Labute approximate surface area is 184 Å². The van der Waals surface area contributed by atoms with Gasteiger partial charge in [-0.25, -0.2) is 4.98 Å². The van der Waals surface area contributed by atoms with Gasteiger partial charge in [0, 0.05) is 34.6 Å². The molecular weight excluding hydrogens is 402 g/mol. The number of anilines is 2. The van der Waals surface area contributed by atoms with E-state index in [0.717, 1.165) is 43.6 Å². The highest BCUT2D eigenvalue weighted by Crippen LogP contribution is 2.36. The molecular formula is C25H21N5S. The van der Waals surface area contributed by atoms with Crippen molar-refractivity contribution >= 4 is 33.1 Å². The van der Waals surface area contributed by atoms with Crippen LogP contribution in [0.2, 0.25) is 0 Å². The van der Waals surface area contributed by atoms with Crippen molar-refractivity contribution in [3.63, 3.8) is 0 Å². The van der Waals surface area contributed by atoms with Crippen molar-refractivity contribution in [2.24, 2.45) is 0 Å². The summed E-state index contributed by atoms with van der Waals surface area (Å²) in [7, 11) is 0. The fourth-order valence-electron chi connectivity index (χ4n) is 3.63. The minimum Gasteiger partial charge on any atom is -0.330 e. The van der Waals surface area contributed by atoms with Gasteiger partial charge in [-0.3, -0.25) is 4.98 Å². The lowest BCUT2D eigenvalue weighted by atomic mass is 10.0. The molecule has 0 spiro atoms. The zero-order valence-electron chi connectivity index (χ0n) is 17.3. The summed E-state index contributed by atoms with van der Waals surface area (Å²) in [5, 5.41) is 15.1. The minimum atomic E-state index is 0.419. The summed E-state index contributed by atoms with van der Waals surface area (Å²) >= 11 is 1.54. The Morgan fingerprint density at radius 2 is 1.74 bits per heavy atom. The first kappa shape index (κ1) is 19.3. The molecule has 3 aromatic heterocycles. The molecule has 5 aromatic rings. The molecule has 5 rings (SSSR count). The largest absolute Gasteiger partial charge is 0.330 e. The van der Waals surface area contributed by atoms with Gasteiger partial charge >= 0.3 is 0 Å². The molecule has 0 bridgehead atoms. The highest BCUT2D eigenvalue weighted by molar-refractivity contribution is 7.18. The number of fused-ring (bicyclic) bond motifs is 1. The lowest BCUT2D eigenvalue weighted by Gasteiger charge is -2.12. The van der Waals surface area contributed by atoms with E-state index in [4.69, 9.17) is 4.98 Å². The number of rotatable bonds is 5. The first-order chi connectivity index (χ1) is 15.2. The van der Waals surface area contributed by atoms with Gasteiger partial charge in [-0.15, -0.1) is 10.2 Å². The number of para-hydroxylation sites is 2. The van der Waals surface area contributed by atoms with Gasteiger partial charge in [0.15, 0.2) is 0 Å². The number of aromatic nitrogens is 4. The number of benzene rings is 2. The second-order valence-corrected chi connectivity index (χ2v) is 8.57. The molecule has 1 N–H and O–H groups in total. The number of nitrogens with zero attached hydrogens (tertiary/aromatic N) is 4. The van der Waals surface area contributed by atoms with E-state index in [1.165, 1.54) is 5.56 Å². The summed E-state index contributed by atoms with van der Waals surface area (Å²) in [5.41, 5.74) is 6.11. The van der Waals surface area contributed by atoms with Gasteiger partial charge in [0.25, 0.3) is 0 Å². The summed E-state index contributed by atoms with van der Waals surface area (Å²) in [6.45, 7) is 4.38. The van der Waals surface area contributed by atoms with Crippen LogP contribution < -0.4 is 5.32 Å². The number of hydrogen-bond donors (Lipinski definition) is 1. The molecule has 0 unspecified atom stereocenters. The molecule has 3 heterocycles. The topological polar surface area (TPSA) is 63.6 Å². The van der Waals surface area contributed by atoms with E-state index in [0.29, 0.717) is 5.92 Å². The van der Waals surface area contributed by atoms with Crippen LogP contribution in [0.4, 0.5) is 10.8 Å². The highest BCUT2D eigenvalue weighted by Gasteiger charge is 2.15. The zero-order chi connectivity index (χ0) is 21.2. The van der Waals surface area contributed by atoms with Crippen molar-refractivity contribution in [2.75, 3.05) is 5.32 Å². The quantitative estimate of drug-likeness (QED) is 0.341. The molecule has 0 saturated carbocycles. The Kier molecular flexibility index (Phi) is 5.14. The lowest BCUT2D eigenvalue weighted by molar-refractivity contribution is 0.869. The summed E-state index contributed by atoms with van der Waals surface area (Å²) in [6, 6.07) is 22.5. The van der Waals surface area contributed by atoms with Crippen LogP contribution in [-0.4, -0.2) is 20.2 Å². The van der Waals surface area contributed by atoms with Gasteiger partial charge in [0.1, 0.15) is 5.01 Å². The van der Waals surface area contributed by atoms with Crippen LogP contribution >= 0.6 is 11.3 Å². The Balaban J connectivity index is 1.57. The summed E-state index contributed by atoms with van der Waals surface area (Å²) in [4.78, 5) is 9.08. The normalized spacial score (nSPS) is 11.2. The van der Waals surface area contributed by atoms with E-state index in [9.17, 15) is 0 Å². The Morgan fingerprint density at radius 3 is 2.58 bits per heavy atom. The molecule has 6 heteroatoms. The fourth-order valence-corrected chi connectivity index (χ4v) is 4.41. The van der Waals surface area contributed by atoms with Crippen LogP contribution in [0.5, 0.6) is 0 Å². The standard InChI is InChI=1S/C25H21N5S/c1-16(2)18-9-3-5-11-21(18)28-25-30-29-24(31-25)20-14-23(17-8-7-13-26-15-17)27-22-12-6-4-10-19(20)22/h3-16H,1-2H3,(H,28,30). The van der Waals surface area contributed by atoms with Crippen LogP contribution in [0.3, 0.4) is 0 Å².